The predicted octanol–water partition coefficient (Wildman–Crippen LogP) is 3.23. The van der Waals surface area contributed by atoms with Crippen LogP contribution in [-0.2, 0) is 0 Å². The molecule has 1 rings (SSSR count). The minimum absolute atomic E-state index is 0.129. The van der Waals surface area contributed by atoms with Gasteiger partial charge in [0, 0.05) is 6.54 Å². The maximum Gasteiger partial charge on any atom is 0.120 e. The number of rotatable bonds is 5. The zero-order valence-electron chi connectivity index (χ0n) is 10.8. The van der Waals surface area contributed by atoms with Gasteiger partial charge >= 0.3 is 0 Å². The first-order valence-electron chi connectivity index (χ1n) is 6.05. The van der Waals surface area contributed by atoms with Gasteiger partial charge in [-0.1, -0.05) is 26.8 Å². The molecule has 1 unspecified atom stereocenters. The molecule has 1 atom stereocenters. The molecule has 0 heterocycles. The average Bonchev–Trinajstić information content (AvgIpc) is 2.25. The van der Waals surface area contributed by atoms with E-state index in [-0.39, 0.29) is 6.10 Å². The van der Waals surface area contributed by atoms with Crippen molar-refractivity contribution in [1.82, 2.24) is 0 Å². The van der Waals surface area contributed by atoms with Crippen LogP contribution >= 0.6 is 0 Å². The Morgan fingerprint density at radius 2 is 2.00 bits per heavy atom. The quantitative estimate of drug-likeness (QED) is 0.828. The normalized spacial score (nSPS) is 12.9. The lowest BCUT2D eigenvalue weighted by atomic mass is 9.98. The largest absolute Gasteiger partial charge is 0.489 e. The molecule has 0 aliphatic rings. The second kappa shape index (κ2) is 5.90. The lowest BCUT2D eigenvalue weighted by molar-refractivity contribution is 0.205. The van der Waals surface area contributed by atoms with Crippen molar-refractivity contribution in [1.29, 1.82) is 0 Å². The summed E-state index contributed by atoms with van der Waals surface area (Å²) in [5.74, 6) is 1.49. The van der Waals surface area contributed by atoms with E-state index in [1.807, 2.05) is 6.07 Å². The van der Waals surface area contributed by atoms with Crippen LogP contribution in [0, 0.1) is 6.92 Å². The summed E-state index contributed by atoms with van der Waals surface area (Å²) in [5.41, 5.74) is 8.30. The number of aryl methyl sites for hydroxylation is 1. The minimum Gasteiger partial charge on any atom is -0.489 e. The Morgan fingerprint density at radius 3 is 2.44 bits per heavy atom. The third kappa shape index (κ3) is 3.24. The van der Waals surface area contributed by atoms with E-state index in [0.29, 0.717) is 12.5 Å². The molecule has 0 saturated heterocycles. The van der Waals surface area contributed by atoms with Gasteiger partial charge in [-0.15, -0.1) is 0 Å². The first kappa shape index (κ1) is 13.0. The summed E-state index contributed by atoms with van der Waals surface area (Å²) >= 11 is 0. The molecule has 16 heavy (non-hydrogen) atoms. The number of hydrogen-bond acceptors (Lipinski definition) is 2. The van der Waals surface area contributed by atoms with Crippen molar-refractivity contribution in [3.63, 3.8) is 0 Å². The van der Waals surface area contributed by atoms with Gasteiger partial charge in [-0.3, -0.25) is 0 Å². The second-order valence-corrected chi connectivity index (χ2v) is 4.56. The van der Waals surface area contributed by atoms with Gasteiger partial charge in [-0.2, -0.15) is 0 Å². The lowest BCUT2D eigenvalue weighted by Gasteiger charge is -2.17. The van der Waals surface area contributed by atoms with E-state index in [1.165, 1.54) is 11.1 Å². The molecule has 0 spiro atoms. The molecule has 2 N–H and O–H groups in total. The zero-order valence-corrected chi connectivity index (χ0v) is 10.8. The standard InChI is InChI=1S/C14H23NO/c1-5-12(9-15)16-13-6-7-14(10(2)3)11(4)8-13/h6-8,10,12H,5,9,15H2,1-4H3. The van der Waals surface area contributed by atoms with Gasteiger partial charge in [0.25, 0.3) is 0 Å². The number of ether oxygens (including phenoxy) is 1. The molecular formula is C14H23NO. The summed E-state index contributed by atoms with van der Waals surface area (Å²) in [6.07, 6.45) is 1.07. The van der Waals surface area contributed by atoms with Crippen molar-refractivity contribution in [2.24, 2.45) is 5.73 Å². The lowest BCUT2D eigenvalue weighted by Crippen LogP contribution is -2.25. The van der Waals surface area contributed by atoms with Gasteiger partial charge in [0.05, 0.1) is 0 Å². The molecule has 0 aliphatic heterocycles. The maximum absolute atomic E-state index is 5.80. The Hall–Kier alpha value is -1.02. The Labute approximate surface area is 98.8 Å². The molecule has 1 aromatic rings. The first-order valence-corrected chi connectivity index (χ1v) is 6.05. The van der Waals surface area contributed by atoms with E-state index in [9.17, 15) is 0 Å². The Bertz CT molecular complexity index is 330. The topological polar surface area (TPSA) is 35.2 Å². The van der Waals surface area contributed by atoms with Crippen LogP contribution in [0.1, 0.15) is 44.2 Å². The fourth-order valence-corrected chi connectivity index (χ4v) is 1.86. The van der Waals surface area contributed by atoms with E-state index in [1.54, 1.807) is 0 Å². The monoisotopic (exact) mass is 221 g/mol. The molecule has 0 aromatic heterocycles. The fraction of sp³-hybridized carbons (Fsp3) is 0.571. The van der Waals surface area contributed by atoms with Crippen LogP contribution < -0.4 is 10.5 Å². The maximum atomic E-state index is 5.80. The summed E-state index contributed by atoms with van der Waals surface area (Å²) in [7, 11) is 0. The van der Waals surface area contributed by atoms with Gasteiger partial charge in [-0.25, -0.2) is 0 Å². The summed E-state index contributed by atoms with van der Waals surface area (Å²) in [4.78, 5) is 0. The van der Waals surface area contributed by atoms with Crippen LogP contribution in [0.4, 0.5) is 0 Å². The average molecular weight is 221 g/mol. The second-order valence-electron chi connectivity index (χ2n) is 4.56. The molecular weight excluding hydrogens is 198 g/mol. The highest BCUT2D eigenvalue weighted by Gasteiger charge is 2.08. The number of benzene rings is 1. The third-order valence-corrected chi connectivity index (χ3v) is 2.88. The van der Waals surface area contributed by atoms with E-state index in [2.05, 4.69) is 39.8 Å². The van der Waals surface area contributed by atoms with Gasteiger partial charge in [-0.05, 0) is 42.5 Å². The van der Waals surface area contributed by atoms with E-state index < -0.39 is 0 Å². The Morgan fingerprint density at radius 1 is 1.31 bits per heavy atom. The fourth-order valence-electron chi connectivity index (χ4n) is 1.86. The molecule has 0 saturated carbocycles. The van der Waals surface area contributed by atoms with Crippen molar-refractivity contribution in [3.8, 4) is 5.75 Å². The van der Waals surface area contributed by atoms with Crippen LogP contribution in [0.2, 0.25) is 0 Å². The van der Waals surface area contributed by atoms with Crippen LogP contribution in [0.5, 0.6) is 5.75 Å². The number of nitrogens with two attached hydrogens (primary N) is 1. The van der Waals surface area contributed by atoms with Crippen LogP contribution in [0.25, 0.3) is 0 Å². The van der Waals surface area contributed by atoms with Crippen molar-refractivity contribution in [3.05, 3.63) is 29.3 Å². The molecule has 0 aliphatic carbocycles. The molecule has 90 valence electrons. The molecule has 0 fully saturated rings. The van der Waals surface area contributed by atoms with Crippen LogP contribution in [0.15, 0.2) is 18.2 Å². The molecule has 2 heteroatoms. The van der Waals surface area contributed by atoms with E-state index in [4.69, 9.17) is 10.5 Å². The van der Waals surface area contributed by atoms with Crippen molar-refractivity contribution in [2.75, 3.05) is 6.54 Å². The molecule has 1 aromatic carbocycles. The molecule has 2 nitrogen and oxygen atoms in total. The molecule has 0 amide bonds. The van der Waals surface area contributed by atoms with Crippen LogP contribution in [-0.4, -0.2) is 12.6 Å². The highest BCUT2D eigenvalue weighted by atomic mass is 16.5. The summed E-state index contributed by atoms with van der Waals surface area (Å²) in [6, 6.07) is 6.30. The SMILES string of the molecule is CCC(CN)Oc1ccc(C(C)C)c(C)c1. The van der Waals surface area contributed by atoms with E-state index in [0.717, 1.165) is 12.2 Å². The Balaban J connectivity index is 2.80. The highest BCUT2D eigenvalue weighted by Crippen LogP contribution is 2.24. The molecule has 0 bridgehead atoms. The van der Waals surface area contributed by atoms with Gasteiger partial charge in [0.2, 0.25) is 0 Å². The van der Waals surface area contributed by atoms with E-state index >= 15 is 0 Å². The van der Waals surface area contributed by atoms with Crippen molar-refractivity contribution < 1.29 is 4.74 Å². The smallest absolute Gasteiger partial charge is 0.120 e. The molecule has 0 radical (unpaired) electrons. The van der Waals surface area contributed by atoms with Gasteiger partial charge in [0.1, 0.15) is 11.9 Å². The van der Waals surface area contributed by atoms with Crippen LogP contribution in [0.3, 0.4) is 0 Å². The summed E-state index contributed by atoms with van der Waals surface area (Å²) < 4.78 is 5.80. The van der Waals surface area contributed by atoms with Crippen molar-refractivity contribution >= 4 is 0 Å². The zero-order chi connectivity index (χ0) is 12.1. The minimum atomic E-state index is 0.129. The Kier molecular flexibility index (Phi) is 4.81. The highest BCUT2D eigenvalue weighted by molar-refractivity contribution is 5.36. The van der Waals surface area contributed by atoms with Crippen molar-refractivity contribution in [2.45, 2.75) is 46.1 Å². The summed E-state index contributed by atoms with van der Waals surface area (Å²) in [5, 5.41) is 0. The number of hydrogen-bond donors (Lipinski definition) is 1. The predicted molar refractivity (Wildman–Crippen MR) is 69.0 cm³/mol. The van der Waals surface area contributed by atoms with Gasteiger partial charge in [0.15, 0.2) is 0 Å². The first-order chi connectivity index (χ1) is 7.58. The summed E-state index contributed by atoms with van der Waals surface area (Å²) in [6.45, 7) is 9.20. The van der Waals surface area contributed by atoms with Gasteiger partial charge < -0.3 is 10.5 Å². The third-order valence-electron chi connectivity index (χ3n) is 2.88.